The molecule has 0 saturated carbocycles. The third-order valence-electron chi connectivity index (χ3n) is 8.85. The van der Waals surface area contributed by atoms with E-state index in [0.29, 0.717) is 49.2 Å². The summed E-state index contributed by atoms with van der Waals surface area (Å²) in [5, 5.41) is 50.3. The van der Waals surface area contributed by atoms with Crippen LogP contribution in [0.5, 0.6) is 0 Å². The Hall–Kier alpha value is -6.41. The number of carboxylic acids is 1. The van der Waals surface area contributed by atoms with Crippen molar-refractivity contribution in [3.63, 3.8) is 0 Å². The lowest BCUT2D eigenvalue weighted by molar-refractivity contribution is -0.132. The maximum absolute atomic E-state index is 13.1. The van der Waals surface area contributed by atoms with Crippen molar-refractivity contribution >= 4 is 75.0 Å². The van der Waals surface area contributed by atoms with Crippen LogP contribution in [-0.4, -0.2) is 114 Å². The third kappa shape index (κ3) is 9.82. The Bertz CT molecular complexity index is 2220. The monoisotopic (exact) mass is 788 g/mol. The number of tetrazole rings is 1. The molecule has 0 radical (unpaired) electrons. The minimum atomic E-state index is -1.32. The molecular weight excluding hydrogens is 752 g/mol. The molecule has 2 aromatic heterocycles. The van der Waals surface area contributed by atoms with Gasteiger partial charge in [-0.15, -0.1) is 5.10 Å². The van der Waals surface area contributed by atoms with Gasteiger partial charge in [0.15, 0.2) is 0 Å². The summed E-state index contributed by atoms with van der Waals surface area (Å²) in [5.74, 6) is -3.88. The predicted octanol–water partition coefficient (Wildman–Crippen LogP) is 3.01. The van der Waals surface area contributed by atoms with E-state index in [-0.39, 0.29) is 64.9 Å². The highest BCUT2D eigenvalue weighted by atomic mass is 35.5. The molecule has 0 aliphatic carbocycles. The summed E-state index contributed by atoms with van der Waals surface area (Å²) < 4.78 is 6.87. The van der Waals surface area contributed by atoms with Gasteiger partial charge in [0.1, 0.15) is 18.1 Å². The lowest BCUT2D eigenvalue weighted by Crippen LogP contribution is -2.43. The molecular formula is C36H37ClN10O9. The lowest BCUT2D eigenvalue weighted by atomic mass is 10.1. The molecule has 0 bridgehead atoms. The molecule has 1 aliphatic rings. The van der Waals surface area contributed by atoms with Gasteiger partial charge in [0.05, 0.1) is 36.4 Å². The number of amides is 5. The number of anilines is 4. The fourth-order valence-electron chi connectivity index (χ4n) is 5.95. The van der Waals surface area contributed by atoms with Gasteiger partial charge in [-0.3, -0.25) is 14.4 Å². The lowest BCUT2D eigenvalue weighted by Gasteiger charge is -2.32. The Morgan fingerprint density at radius 2 is 1.66 bits per heavy atom. The first-order chi connectivity index (χ1) is 27.0. The van der Waals surface area contributed by atoms with Crippen LogP contribution in [0.3, 0.4) is 0 Å². The number of nitrogens with one attached hydrogen (secondary N) is 5. The maximum atomic E-state index is 13.1. The molecule has 292 valence electrons. The summed E-state index contributed by atoms with van der Waals surface area (Å²) >= 11 is 6.10. The van der Waals surface area contributed by atoms with E-state index in [4.69, 9.17) is 21.4 Å². The minimum Gasteiger partial charge on any atom is -0.477 e. The first kappa shape index (κ1) is 39.3. The van der Waals surface area contributed by atoms with Gasteiger partial charge in [-0.1, -0.05) is 23.7 Å². The number of piperidine rings is 1. The Kier molecular flexibility index (Phi) is 12.5. The van der Waals surface area contributed by atoms with Crippen molar-refractivity contribution in [1.82, 2.24) is 30.1 Å². The zero-order chi connectivity index (χ0) is 39.8. The number of fused-ring (bicyclic) bond motifs is 1. The number of carbonyl (C=O) groups is 5. The van der Waals surface area contributed by atoms with Gasteiger partial charge >= 0.3 is 23.8 Å². The first-order valence-corrected chi connectivity index (χ1v) is 17.7. The Morgan fingerprint density at radius 3 is 2.36 bits per heavy atom. The van der Waals surface area contributed by atoms with E-state index in [1.807, 2.05) is 0 Å². The number of aliphatic hydroxyl groups excluding tert-OH is 2. The minimum absolute atomic E-state index is 0.00344. The number of hydrogen-bond acceptors (Lipinski definition) is 11. The highest BCUT2D eigenvalue weighted by molar-refractivity contribution is 6.44. The summed E-state index contributed by atoms with van der Waals surface area (Å²) in [7, 11) is 0. The van der Waals surface area contributed by atoms with Crippen molar-refractivity contribution in [1.29, 1.82) is 0 Å². The average Bonchev–Trinajstić information content (AvgIpc) is 3.86. The standard InChI is InChI=1S/C36H37ClN10O9/c37-21-4-9-29(47-19-38-44-45-47)28(15-21)42-34(52)33(51)39-23-7-8-27-26(16-23)31(32(41-27)35(53)54)43-30(50)10-3-20-1-5-22(6-2-20)40-36(55)46-13-11-25(12-14-46)56-18-24(49)17-48/h1-2,4-9,15-16,19,24-25,41,48-49H,3,10-14,17-18H2,(H,39,51)(H,40,55)(H,42,52)(H,43,50)(H,53,54)/t24-/m0/s1. The number of carbonyl (C=O) groups excluding carboxylic acids is 4. The summed E-state index contributed by atoms with van der Waals surface area (Å²) in [6.45, 7) is 0.617. The molecule has 20 heteroatoms. The number of ether oxygens (including phenoxy) is 1. The van der Waals surface area contributed by atoms with E-state index >= 15 is 0 Å². The van der Waals surface area contributed by atoms with Crippen LogP contribution in [-0.2, 0) is 25.5 Å². The van der Waals surface area contributed by atoms with Gasteiger partial charge in [-0.25, -0.2) is 9.59 Å². The number of aliphatic hydroxyl groups is 2. The Morgan fingerprint density at radius 1 is 0.929 bits per heavy atom. The molecule has 1 saturated heterocycles. The smallest absolute Gasteiger partial charge is 0.354 e. The van der Waals surface area contributed by atoms with Crippen LogP contribution in [0.25, 0.3) is 16.6 Å². The van der Waals surface area contributed by atoms with E-state index in [9.17, 15) is 34.2 Å². The normalized spacial score (nSPS) is 13.6. The van der Waals surface area contributed by atoms with Crippen LogP contribution in [0.4, 0.5) is 27.5 Å². The largest absolute Gasteiger partial charge is 0.477 e. The average molecular weight is 789 g/mol. The van der Waals surface area contributed by atoms with Gasteiger partial charge in [0.25, 0.3) is 0 Å². The molecule has 56 heavy (non-hydrogen) atoms. The first-order valence-electron chi connectivity index (χ1n) is 17.4. The predicted molar refractivity (Wildman–Crippen MR) is 203 cm³/mol. The SMILES string of the molecule is O=C(CCc1ccc(NC(=O)N2CCC(OC[C@@H](O)CO)CC2)cc1)Nc1c(C(=O)O)[nH]c2ccc(NC(=O)C(=O)Nc3cc(Cl)ccc3-n3cnnn3)cc12. The number of benzene rings is 3. The molecule has 8 N–H and O–H groups in total. The molecule has 3 heterocycles. The zero-order valence-corrected chi connectivity index (χ0v) is 30.3. The summed E-state index contributed by atoms with van der Waals surface area (Å²) in [5.41, 5.74) is 2.10. The van der Waals surface area contributed by atoms with Crippen LogP contribution in [0.1, 0.15) is 35.3 Å². The van der Waals surface area contributed by atoms with E-state index < -0.39 is 29.8 Å². The van der Waals surface area contributed by atoms with E-state index in [1.165, 1.54) is 35.3 Å². The molecule has 1 atom stereocenters. The molecule has 19 nitrogen and oxygen atoms in total. The number of rotatable bonds is 13. The number of hydrogen-bond donors (Lipinski definition) is 8. The number of carboxylic acid groups (broad SMARTS) is 1. The van der Waals surface area contributed by atoms with Crippen molar-refractivity contribution in [2.45, 2.75) is 37.9 Å². The van der Waals surface area contributed by atoms with Crippen molar-refractivity contribution in [2.24, 2.45) is 0 Å². The van der Waals surface area contributed by atoms with Gasteiger partial charge in [0.2, 0.25) is 5.91 Å². The zero-order valence-electron chi connectivity index (χ0n) is 29.6. The second kappa shape index (κ2) is 17.8. The quantitative estimate of drug-likeness (QED) is 0.0801. The molecule has 0 unspecified atom stereocenters. The number of aromatic amines is 1. The topological polar surface area (TPSA) is 266 Å². The second-order valence-electron chi connectivity index (χ2n) is 12.8. The molecule has 5 amide bonds. The summed E-state index contributed by atoms with van der Waals surface area (Å²) in [6.07, 6.45) is 1.78. The summed E-state index contributed by atoms with van der Waals surface area (Å²) in [6, 6.07) is 15.7. The maximum Gasteiger partial charge on any atom is 0.354 e. The van der Waals surface area contributed by atoms with Gasteiger partial charge in [0, 0.05) is 46.8 Å². The molecule has 5 aromatic rings. The number of likely N-dealkylation sites (tertiary alicyclic amines) is 1. The van der Waals surface area contributed by atoms with Gasteiger partial charge in [-0.2, -0.15) is 4.68 Å². The highest BCUT2D eigenvalue weighted by Gasteiger charge is 2.25. The van der Waals surface area contributed by atoms with Crippen molar-refractivity contribution in [3.05, 3.63) is 83.3 Å². The molecule has 6 rings (SSSR count). The number of aryl methyl sites for hydroxylation is 1. The fraction of sp³-hybridized carbons (Fsp3) is 0.278. The number of urea groups is 1. The van der Waals surface area contributed by atoms with Gasteiger partial charge in [-0.05, 0) is 83.8 Å². The van der Waals surface area contributed by atoms with Crippen molar-refractivity contribution in [3.8, 4) is 5.69 Å². The Balaban J connectivity index is 1.03. The molecule has 0 spiro atoms. The molecule has 1 aliphatic heterocycles. The van der Waals surface area contributed by atoms with E-state index in [1.54, 1.807) is 41.3 Å². The van der Waals surface area contributed by atoms with Crippen LogP contribution < -0.4 is 21.3 Å². The summed E-state index contributed by atoms with van der Waals surface area (Å²) in [4.78, 5) is 68.3. The number of aromatic carboxylic acids is 1. The number of aromatic nitrogens is 5. The number of nitrogens with zero attached hydrogens (tertiary/aromatic N) is 5. The van der Waals surface area contributed by atoms with Gasteiger partial charge < -0.3 is 51.2 Å². The van der Waals surface area contributed by atoms with E-state index in [0.717, 1.165) is 5.56 Å². The van der Waals surface area contributed by atoms with Crippen LogP contribution >= 0.6 is 11.6 Å². The highest BCUT2D eigenvalue weighted by Crippen LogP contribution is 2.31. The van der Waals surface area contributed by atoms with Crippen molar-refractivity contribution < 1.29 is 44.0 Å². The molecule has 3 aromatic carbocycles. The Labute approximate surface area is 323 Å². The van der Waals surface area contributed by atoms with E-state index in [2.05, 4.69) is 41.8 Å². The number of H-pyrrole nitrogens is 1. The number of halogens is 1. The molecule has 1 fully saturated rings. The van der Waals surface area contributed by atoms with Crippen LogP contribution in [0.2, 0.25) is 5.02 Å². The van der Waals surface area contributed by atoms with Crippen LogP contribution in [0, 0.1) is 0 Å². The van der Waals surface area contributed by atoms with Crippen molar-refractivity contribution in [2.75, 3.05) is 47.6 Å². The second-order valence-corrected chi connectivity index (χ2v) is 13.2. The fourth-order valence-corrected chi connectivity index (χ4v) is 6.12. The van der Waals surface area contributed by atoms with Crippen LogP contribution in [0.15, 0.2) is 67.0 Å². The third-order valence-corrected chi connectivity index (χ3v) is 9.09.